The minimum absolute atomic E-state index is 0.0187. The van der Waals surface area contributed by atoms with Gasteiger partial charge in [0, 0.05) is 31.5 Å². The van der Waals surface area contributed by atoms with Gasteiger partial charge in [0.15, 0.2) is 5.82 Å². The summed E-state index contributed by atoms with van der Waals surface area (Å²) in [5.41, 5.74) is 1.41. The number of carbonyl (C=O) groups excluding carboxylic acids is 1. The summed E-state index contributed by atoms with van der Waals surface area (Å²) in [6, 6.07) is 13.2. The van der Waals surface area contributed by atoms with Crippen molar-refractivity contribution in [3.05, 3.63) is 76.0 Å². The van der Waals surface area contributed by atoms with Gasteiger partial charge in [0.1, 0.15) is 23.9 Å². The van der Waals surface area contributed by atoms with Gasteiger partial charge in [-0.25, -0.2) is 4.39 Å². The van der Waals surface area contributed by atoms with Crippen molar-refractivity contribution in [2.45, 2.75) is 19.4 Å². The molecule has 3 aromatic rings. The fourth-order valence-corrected chi connectivity index (χ4v) is 3.31. The minimum atomic E-state index is -0.360. The van der Waals surface area contributed by atoms with Crippen LogP contribution in [0.4, 0.5) is 4.39 Å². The largest absolute Gasteiger partial charge is 0.489 e. The number of ether oxygens (including phenoxy) is 2. The highest BCUT2D eigenvalue weighted by molar-refractivity contribution is 5.76. The van der Waals surface area contributed by atoms with Crippen LogP contribution in [0.25, 0.3) is 11.4 Å². The van der Waals surface area contributed by atoms with Gasteiger partial charge < -0.3 is 19.4 Å². The Morgan fingerprint density at radius 3 is 2.47 bits per heavy atom. The fraction of sp³-hybridized carbons (Fsp3) is 0.304. The summed E-state index contributed by atoms with van der Waals surface area (Å²) in [6.07, 6.45) is 0.437. The lowest BCUT2D eigenvalue weighted by Gasteiger charge is -2.26. The number of hydrogen-bond donors (Lipinski definition) is 1. The first kappa shape index (κ1) is 21.6. The maximum absolute atomic E-state index is 13.0. The molecule has 1 saturated heterocycles. The van der Waals surface area contributed by atoms with E-state index < -0.39 is 0 Å². The number of nitrogens with zero attached hydrogens (tertiary/aromatic N) is 3. The van der Waals surface area contributed by atoms with E-state index in [2.05, 4.69) is 15.2 Å². The number of benzene rings is 2. The third-order valence-electron chi connectivity index (χ3n) is 5.15. The first-order chi connectivity index (χ1) is 15.6. The maximum Gasteiger partial charge on any atom is 0.273 e. The molecule has 0 aliphatic carbocycles. The molecule has 4 rings (SSSR count). The molecule has 0 saturated carbocycles. The van der Waals surface area contributed by atoms with Crippen molar-refractivity contribution in [3.63, 3.8) is 0 Å². The number of aryl methyl sites for hydroxylation is 1. The topological polar surface area (TPSA) is 97.4 Å². The number of nitrogens with one attached hydrogen (secondary N) is 1. The number of amides is 1. The summed E-state index contributed by atoms with van der Waals surface area (Å²) in [7, 11) is 0. The summed E-state index contributed by atoms with van der Waals surface area (Å²) in [5.74, 6) is 0.660. The Morgan fingerprint density at radius 1 is 1.06 bits per heavy atom. The molecule has 0 atom stereocenters. The van der Waals surface area contributed by atoms with E-state index in [1.807, 2.05) is 0 Å². The summed E-state index contributed by atoms with van der Waals surface area (Å²) < 4.78 is 23.9. The van der Waals surface area contributed by atoms with E-state index in [4.69, 9.17) is 9.47 Å². The van der Waals surface area contributed by atoms with Crippen LogP contribution in [0.15, 0.2) is 53.3 Å². The molecule has 1 aromatic heterocycles. The van der Waals surface area contributed by atoms with Crippen molar-refractivity contribution in [2.75, 3.05) is 26.3 Å². The number of hydrogen-bond acceptors (Lipinski definition) is 6. The molecule has 1 aliphatic rings. The van der Waals surface area contributed by atoms with Crippen LogP contribution in [0, 0.1) is 5.82 Å². The summed E-state index contributed by atoms with van der Waals surface area (Å²) in [6.45, 7) is 2.54. The molecule has 1 fully saturated rings. The Bertz CT molecular complexity index is 1110. The normalized spacial score (nSPS) is 13.7. The van der Waals surface area contributed by atoms with E-state index in [-0.39, 0.29) is 35.8 Å². The number of rotatable bonds is 7. The van der Waals surface area contributed by atoms with Gasteiger partial charge in [0.05, 0.1) is 13.2 Å². The number of aromatic amines is 1. The van der Waals surface area contributed by atoms with Gasteiger partial charge in [-0.3, -0.25) is 9.59 Å². The minimum Gasteiger partial charge on any atom is -0.489 e. The Kier molecular flexibility index (Phi) is 6.86. The summed E-state index contributed by atoms with van der Waals surface area (Å²) >= 11 is 0. The smallest absolute Gasteiger partial charge is 0.273 e. The molecule has 166 valence electrons. The number of carbonyl (C=O) groups is 1. The van der Waals surface area contributed by atoms with Crippen LogP contribution < -0.4 is 10.3 Å². The molecule has 8 nitrogen and oxygen atoms in total. The second-order valence-electron chi connectivity index (χ2n) is 7.38. The Balaban J connectivity index is 1.34. The van der Waals surface area contributed by atoms with Crippen molar-refractivity contribution >= 4 is 5.91 Å². The Labute approximate surface area is 184 Å². The molecule has 0 spiro atoms. The van der Waals surface area contributed by atoms with Gasteiger partial charge in [-0.1, -0.05) is 12.1 Å². The average Bonchev–Trinajstić information content (AvgIpc) is 2.83. The van der Waals surface area contributed by atoms with E-state index in [0.29, 0.717) is 50.0 Å². The van der Waals surface area contributed by atoms with Crippen molar-refractivity contribution in [1.82, 2.24) is 20.1 Å². The molecular formula is C23H23FN4O4. The standard InChI is InChI=1S/C23H23FN4O4/c24-18-5-1-16(2-6-18)15-32-19-7-3-17(4-8-19)22-25-23(30)20(26-27-22)9-10-21(29)28-11-13-31-14-12-28/h1-8H,9-15H2,(H,25,27,30). The molecule has 32 heavy (non-hydrogen) atoms. The Morgan fingerprint density at radius 2 is 1.78 bits per heavy atom. The van der Waals surface area contributed by atoms with Crippen LogP contribution >= 0.6 is 0 Å². The van der Waals surface area contributed by atoms with Gasteiger partial charge in [0.2, 0.25) is 5.91 Å². The van der Waals surface area contributed by atoms with Crippen molar-refractivity contribution in [3.8, 4) is 17.1 Å². The molecule has 0 unspecified atom stereocenters. The third kappa shape index (κ3) is 5.55. The molecule has 0 bridgehead atoms. The highest BCUT2D eigenvalue weighted by atomic mass is 19.1. The summed E-state index contributed by atoms with van der Waals surface area (Å²) in [4.78, 5) is 29.1. The average molecular weight is 438 g/mol. The van der Waals surface area contributed by atoms with E-state index >= 15 is 0 Å². The van der Waals surface area contributed by atoms with Gasteiger partial charge in [0.25, 0.3) is 5.56 Å². The van der Waals surface area contributed by atoms with Crippen molar-refractivity contribution in [2.24, 2.45) is 0 Å². The van der Waals surface area contributed by atoms with E-state index in [9.17, 15) is 14.0 Å². The van der Waals surface area contributed by atoms with Gasteiger partial charge in [-0.2, -0.15) is 0 Å². The Hall–Kier alpha value is -3.59. The molecular weight excluding hydrogens is 415 g/mol. The molecule has 9 heteroatoms. The molecule has 1 amide bonds. The van der Waals surface area contributed by atoms with Crippen LogP contribution in [-0.4, -0.2) is 52.3 Å². The molecule has 1 N–H and O–H groups in total. The quantitative estimate of drug-likeness (QED) is 0.608. The zero-order valence-corrected chi connectivity index (χ0v) is 17.4. The second-order valence-corrected chi connectivity index (χ2v) is 7.38. The van der Waals surface area contributed by atoms with Crippen molar-refractivity contribution in [1.29, 1.82) is 0 Å². The summed E-state index contributed by atoms with van der Waals surface area (Å²) in [5, 5.41) is 8.13. The number of morpholine rings is 1. The molecule has 0 radical (unpaired) electrons. The number of halogens is 1. The molecule has 2 aromatic carbocycles. The first-order valence-electron chi connectivity index (χ1n) is 10.4. The van der Waals surface area contributed by atoms with E-state index in [0.717, 1.165) is 5.56 Å². The highest BCUT2D eigenvalue weighted by Crippen LogP contribution is 2.19. The first-order valence-corrected chi connectivity index (χ1v) is 10.4. The lowest BCUT2D eigenvalue weighted by atomic mass is 10.2. The van der Waals surface area contributed by atoms with Gasteiger partial charge in [-0.15, -0.1) is 10.2 Å². The second kappa shape index (κ2) is 10.1. The predicted octanol–water partition coefficient (Wildman–Crippen LogP) is 2.34. The fourth-order valence-electron chi connectivity index (χ4n) is 3.31. The van der Waals surface area contributed by atoms with E-state index in [1.54, 1.807) is 41.3 Å². The van der Waals surface area contributed by atoms with Crippen LogP contribution in [-0.2, 0) is 22.6 Å². The van der Waals surface area contributed by atoms with Crippen LogP contribution in [0.3, 0.4) is 0 Å². The zero-order chi connectivity index (χ0) is 22.3. The van der Waals surface area contributed by atoms with Crippen LogP contribution in [0.5, 0.6) is 5.75 Å². The zero-order valence-electron chi connectivity index (χ0n) is 17.4. The lowest BCUT2D eigenvalue weighted by Crippen LogP contribution is -2.41. The van der Waals surface area contributed by atoms with Gasteiger partial charge in [-0.05, 0) is 42.0 Å². The maximum atomic E-state index is 13.0. The monoisotopic (exact) mass is 438 g/mol. The van der Waals surface area contributed by atoms with E-state index in [1.165, 1.54) is 12.1 Å². The SMILES string of the molecule is O=C(CCc1nnc(-c2ccc(OCc3ccc(F)cc3)cc2)[nH]c1=O)N1CCOCC1. The van der Waals surface area contributed by atoms with Crippen molar-refractivity contribution < 1.29 is 18.7 Å². The van der Waals surface area contributed by atoms with Crippen LogP contribution in [0.2, 0.25) is 0 Å². The number of H-pyrrole nitrogens is 1. The predicted molar refractivity (Wildman–Crippen MR) is 115 cm³/mol. The lowest BCUT2D eigenvalue weighted by molar-refractivity contribution is -0.135. The molecule has 2 heterocycles. The van der Waals surface area contributed by atoms with Crippen LogP contribution in [0.1, 0.15) is 17.7 Å². The van der Waals surface area contributed by atoms with Gasteiger partial charge >= 0.3 is 0 Å². The number of aromatic nitrogens is 3. The molecule has 1 aliphatic heterocycles. The third-order valence-corrected chi connectivity index (χ3v) is 5.15. The highest BCUT2D eigenvalue weighted by Gasteiger charge is 2.17.